The highest BCUT2D eigenvalue weighted by Crippen LogP contribution is 2.24. The summed E-state index contributed by atoms with van der Waals surface area (Å²) in [6, 6.07) is 4.27. The molecular weight excluding hydrogens is 288 g/mol. The molecule has 1 saturated carbocycles. The lowest BCUT2D eigenvalue weighted by Crippen LogP contribution is -2.41. The molecule has 1 atom stereocenters. The summed E-state index contributed by atoms with van der Waals surface area (Å²) >= 11 is 1.63. The number of amides is 1. The van der Waals surface area contributed by atoms with Crippen LogP contribution in [0.5, 0.6) is 0 Å². The quantitative estimate of drug-likeness (QED) is 0.752. The van der Waals surface area contributed by atoms with Crippen LogP contribution in [0.15, 0.2) is 17.5 Å². The molecule has 1 heterocycles. The van der Waals surface area contributed by atoms with Gasteiger partial charge in [-0.1, -0.05) is 6.07 Å². The molecule has 1 unspecified atom stereocenters. The molecule has 3 N–H and O–H groups in total. The molecule has 2 rings (SSSR count). The Labute approximate surface area is 128 Å². The van der Waals surface area contributed by atoms with Crippen molar-refractivity contribution in [2.75, 3.05) is 6.54 Å². The van der Waals surface area contributed by atoms with Crippen LogP contribution in [0.3, 0.4) is 0 Å². The number of hydrogen-bond donors (Lipinski definition) is 3. The largest absolute Gasteiger partial charge is 0.481 e. The highest BCUT2D eigenvalue weighted by atomic mass is 32.1. The van der Waals surface area contributed by atoms with E-state index in [1.165, 1.54) is 0 Å². The molecule has 1 amide bonds. The van der Waals surface area contributed by atoms with Gasteiger partial charge in [0.1, 0.15) is 0 Å². The Morgan fingerprint density at radius 1 is 1.38 bits per heavy atom. The van der Waals surface area contributed by atoms with Crippen molar-refractivity contribution in [1.29, 1.82) is 0 Å². The maximum absolute atomic E-state index is 11.9. The van der Waals surface area contributed by atoms with Crippen molar-refractivity contribution in [3.8, 4) is 0 Å². The van der Waals surface area contributed by atoms with Crippen molar-refractivity contribution in [3.05, 3.63) is 22.4 Å². The summed E-state index contributed by atoms with van der Waals surface area (Å²) < 4.78 is 0. The normalized spacial score (nSPS) is 23.5. The SMILES string of the molecule is CC(NC(=O)CNC1CCC(C(=O)O)CC1)c1cccs1. The van der Waals surface area contributed by atoms with Crippen LogP contribution in [0, 0.1) is 5.92 Å². The molecule has 0 spiro atoms. The Kier molecular flexibility index (Phi) is 5.76. The van der Waals surface area contributed by atoms with Crippen LogP contribution >= 0.6 is 11.3 Å². The number of carbonyl (C=O) groups is 2. The Balaban J connectivity index is 1.67. The zero-order chi connectivity index (χ0) is 15.2. The van der Waals surface area contributed by atoms with Gasteiger partial charge in [-0.3, -0.25) is 9.59 Å². The number of thiophene rings is 1. The predicted octanol–water partition coefficient (Wildman–Crippen LogP) is 2.16. The van der Waals surface area contributed by atoms with Crippen molar-refractivity contribution in [1.82, 2.24) is 10.6 Å². The Morgan fingerprint density at radius 2 is 2.10 bits per heavy atom. The van der Waals surface area contributed by atoms with E-state index in [1.807, 2.05) is 24.4 Å². The predicted molar refractivity (Wildman–Crippen MR) is 82.3 cm³/mol. The van der Waals surface area contributed by atoms with E-state index in [4.69, 9.17) is 5.11 Å². The number of aliphatic carboxylic acids is 1. The lowest BCUT2D eigenvalue weighted by Gasteiger charge is -2.26. The first-order valence-electron chi connectivity index (χ1n) is 7.35. The second-order valence-corrected chi connectivity index (χ2v) is 6.55. The maximum Gasteiger partial charge on any atom is 0.306 e. The zero-order valence-electron chi connectivity index (χ0n) is 12.2. The van der Waals surface area contributed by atoms with E-state index in [2.05, 4.69) is 10.6 Å². The number of hydrogen-bond acceptors (Lipinski definition) is 4. The van der Waals surface area contributed by atoms with E-state index in [0.717, 1.165) is 17.7 Å². The molecule has 6 heteroatoms. The van der Waals surface area contributed by atoms with Gasteiger partial charge in [-0.25, -0.2) is 0 Å². The van der Waals surface area contributed by atoms with Crippen molar-refractivity contribution in [2.45, 2.75) is 44.7 Å². The molecule has 116 valence electrons. The summed E-state index contributed by atoms with van der Waals surface area (Å²) in [5.74, 6) is -0.928. The number of nitrogens with one attached hydrogen (secondary N) is 2. The third kappa shape index (κ3) is 4.82. The first-order valence-corrected chi connectivity index (χ1v) is 8.23. The fourth-order valence-corrected chi connectivity index (χ4v) is 3.42. The number of carbonyl (C=O) groups excluding carboxylic acids is 1. The average molecular weight is 310 g/mol. The summed E-state index contributed by atoms with van der Waals surface area (Å²) in [6.45, 7) is 2.26. The fraction of sp³-hybridized carbons (Fsp3) is 0.600. The minimum absolute atomic E-state index is 0.0174. The molecule has 0 radical (unpaired) electrons. The summed E-state index contributed by atoms with van der Waals surface area (Å²) in [5, 5.41) is 17.1. The van der Waals surface area contributed by atoms with Gasteiger partial charge in [0.2, 0.25) is 5.91 Å². The average Bonchev–Trinajstić information content (AvgIpc) is 3.00. The lowest BCUT2D eigenvalue weighted by atomic mass is 9.86. The molecule has 21 heavy (non-hydrogen) atoms. The first-order chi connectivity index (χ1) is 10.1. The summed E-state index contributed by atoms with van der Waals surface area (Å²) in [5.41, 5.74) is 0. The molecule has 0 bridgehead atoms. The summed E-state index contributed by atoms with van der Waals surface area (Å²) in [7, 11) is 0. The van der Waals surface area contributed by atoms with Gasteiger partial charge >= 0.3 is 5.97 Å². The number of carboxylic acids is 1. The molecule has 1 aliphatic carbocycles. The van der Waals surface area contributed by atoms with Crippen molar-refractivity contribution in [3.63, 3.8) is 0 Å². The third-order valence-electron chi connectivity index (χ3n) is 3.98. The second-order valence-electron chi connectivity index (χ2n) is 5.57. The minimum atomic E-state index is -0.698. The summed E-state index contributed by atoms with van der Waals surface area (Å²) in [6.07, 6.45) is 3.04. The number of carboxylic acid groups (broad SMARTS) is 1. The smallest absolute Gasteiger partial charge is 0.306 e. The van der Waals surface area contributed by atoms with E-state index in [-0.39, 0.29) is 30.5 Å². The van der Waals surface area contributed by atoms with Gasteiger partial charge in [-0.2, -0.15) is 0 Å². The van der Waals surface area contributed by atoms with E-state index < -0.39 is 5.97 Å². The lowest BCUT2D eigenvalue weighted by molar-refractivity contribution is -0.143. The molecular formula is C15H22N2O3S. The highest BCUT2D eigenvalue weighted by Gasteiger charge is 2.25. The Hall–Kier alpha value is -1.40. The van der Waals surface area contributed by atoms with Gasteiger partial charge in [0, 0.05) is 10.9 Å². The van der Waals surface area contributed by atoms with Crippen molar-refractivity contribution < 1.29 is 14.7 Å². The van der Waals surface area contributed by atoms with Crippen molar-refractivity contribution >= 4 is 23.2 Å². The minimum Gasteiger partial charge on any atom is -0.481 e. The van der Waals surface area contributed by atoms with Crippen LogP contribution in [0.1, 0.15) is 43.5 Å². The number of rotatable bonds is 6. The Bertz CT molecular complexity index is 467. The van der Waals surface area contributed by atoms with Crippen molar-refractivity contribution in [2.24, 2.45) is 5.92 Å². The van der Waals surface area contributed by atoms with Gasteiger partial charge in [0.05, 0.1) is 18.5 Å². The Morgan fingerprint density at radius 3 is 2.67 bits per heavy atom. The van der Waals surface area contributed by atoms with Gasteiger partial charge in [0.15, 0.2) is 0 Å². The van der Waals surface area contributed by atoms with Gasteiger partial charge < -0.3 is 15.7 Å². The molecule has 1 aromatic rings. The molecule has 0 aromatic carbocycles. The highest BCUT2D eigenvalue weighted by molar-refractivity contribution is 7.10. The molecule has 0 saturated heterocycles. The molecule has 1 aromatic heterocycles. The third-order valence-corrected chi connectivity index (χ3v) is 5.03. The van der Waals surface area contributed by atoms with E-state index >= 15 is 0 Å². The standard InChI is InChI=1S/C15H22N2O3S/c1-10(13-3-2-8-21-13)17-14(18)9-16-12-6-4-11(5-7-12)15(19)20/h2-3,8,10-12,16H,4-7,9H2,1H3,(H,17,18)(H,19,20). The molecule has 1 fully saturated rings. The molecule has 5 nitrogen and oxygen atoms in total. The van der Waals surface area contributed by atoms with Gasteiger partial charge in [0.25, 0.3) is 0 Å². The topological polar surface area (TPSA) is 78.4 Å². The van der Waals surface area contributed by atoms with Gasteiger partial charge in [-0.05, 0) is 44.1 Å². The fourth-order valence-electron chi connectivity index (χ4n) is 2.68. The second kappa shape index (κ2) is 7.56. The van der Waals surface area contributed by atoms with Crippen LogP contribution in [0.4, 0.5) is 0 Å². The first kappa shape index (κ1) is 16.0. The van der Waals surface area contributed by atoms with E-state index in [9.17, 15) is 9.59 Å². The summed E-state index contributed by atoms with van der Waals surface area (Å²) in [4.78, 5) is 23.9. The van der Waals surface area contributed by atoms with Crippen LogP contribution in [-0.2, 0) is 9.59 Å². The monoisotopic (exact) mass is 310 g/mol. The molecule has 0 aliphatic heterocycles. The van der Waals surface area contributed by atoms with Crippen LogP contribution in [0.25, 0.3) is 0 Å². The van der Waals surface area contributed by atoms with Crippen LogP contribution in [-0.4, -0.2) is 29.6 Å². The van der Waals surface area contributed by atoms with Crippen LogP contribution in [0.2, 0.25) is 0 Å². The maximum atomic E-state index is 11.9. The molecule has 1 aliphatic rings. The van der Waals surface area contributed by atoms with Crippen LogP contribution < -0.4 is 10.6 Å². The van der Waals surface area contributed by atoms with E-state index in [1.54, 1.807) is 11.3 Å². The van der Waals surface area contributed by atoms with Gasteiger partial charge in [-0.15, -0.1) is 11.3 Å². The van der Waals surface area contributed by atoms with E-state index in [0.29, 0.717) is 12.8 Å². The zero-order valence-corrected chi connectivity index (χ0v) is 13.0.